The minimum Gasteiger partial charge on any atom is -0.490 e. The Labute approximate surface area is 167 Å². The molecule has 27 heavy (non-hydrogen) atoms. The van der Waals surface area contributed by atoms with Crippen LogP contribution in [0, 0.1) is 0 Å². The molecular formula is C14H23ClO8P2SSi. The molecule has 1 aliphatic rings. The van der Waals surface area contributed by atoms with E-state index in [1.807, 2.05) is 6.07 Å². The Balaban J connectivity index is 2.38. The minimum absolute atomic E-state index is 0.334. The van der Waals surface area contributed by atoms with Crippen LogP contribution >= 0.6 is 36.8 Å². The van der Waals surface area contributed by atoms with E-state index in [0.717, 1.165) is 21.4 Å². The zero-order valence-corrected chi connectivity index (χ0v) is 19.4. The molecule has 1 aromatic rings. The van der Waals surface area contributed by atoms with Crippen molar-refractivity contribution in [3.05, 3.63) is 23.8 Å². The van der Waals surface area contributed by atoms with Gasteiger partial charge < -0.3 is 28.7 Å². The van der Waals surface area contributed by atoms with Crippen molar-refractivity contribution in [1.82, 2.24) is 0 Å². The molecule has 0 radical (unpaired) electrons. The fraction of sp³-hybridized carbons (Fsp3) is 0.571. The van der Waals surface area contributed by atoms with E-state index in [1.165, 1.54) is 0 Å². The summed E-state index contributed by atoms with van der Waals surface area (Å²) in [6.45, 7) is 4.82. The third-order valence-electron chi connectivity index (χ3n) is 4.02. The van der Waals surface area contributed by atoms with Crippen LogP contribution in [0.15, 0.2) is 23.1 Å². The summed E-state index contributed by atoms with van der Waals surface area (Å²) in [7, 11) is -6.62. The summed E-state index contributed by atoms with van der Waals surface area (Å²) in [4.78, 5) is 40.3. The van der Waals surface area contributed by atoms with Crippen molar-refractivity contribution < 1.29 is 37.9 Å². The zero-order valence-electron chi connectivity index (χ0n) is 15.0. The summed E-state index contributed by atoms with van der Waals surface area (Å²) in [5.74, 6) is 0.499. The van der Waals surface area contributed by atoms with Gasteiger partial charge in [0.1, 0.15) is 11.9 Å². The van der Waals surface area contributed by atoms with Gasteiger partial charge in [-0.2, -0.15) is 0 Å². The molecule has 0 aliphatic carbocycles. The lowest BCUT2D eigenvalue weighted by Crippen LogP contribution is -2.46. The number of ether oxygens (including phenoxy) is 1. The highest BCUT2D eigenvalue weighted by Gasteiger charge is 2.64. The number of fused-ring (bicyclic) bond motifs is 1. The molecule has 1 unspecified atom stereocenters. The highest BCUT2D eigenvalue weighted by Crippen LogP contribution is 2.72. The van der Waals surface area contributed by atoms with Gasteiger partial charge in [0.25, 0.3) is 5.08 Å². The van der Waals surface area contributed by atoms with Gasteiger partial charge in [-0.25, -0.2) is 0 Å². The number of hydrogen-bond donors (Lipinski definition) is 4. The largest absolute Gasteiger partial charge is 0.490 e. The molecule has 0 spiro atoms. The molecule has 154 valence electrons. The van der Waals surface area contributed by atoms with E-state index in [4.69, 9.17) is 19.8 Å². The molecule has 1 aliphatic heterocycles. The van der Waals surface area contributed by atoms with E-state index < -0.39 is 41.1 Å². The van der Waals surface area contributed by atoms with Crippen molar-refractivity contribution in [1.29, 1.82) is 0 Å². The van der Waals surface area contributed by atoms with Gasteiger partial charge in [0.05, 0.1) is 0 Å². The number of hydrogen-bond acceptors (Lipinski definition) is 5. The molecule has 1 heterocycles. The smallest absolute Gasteiger partial charge is 0.368 e. The van der Waals surface area contributed by atoms with Gasteiger partial charge in [0.15, 0.2) is 8.32 Å². The molecule has 0 saturated heterocycles. The maximum Gasteiger partial charge on any atom is 0.368 e. The van der Waals surface area contributed by atoms with Crippen LogP contribution in [0.2, 0.25) is 19.6 Å². The standard InChI is InChI=1S/C14H23ClO8P2SSi/c1-27(2,3)23-14(24(16,17)18,25(19,20)21)9-11-5-4-10-8-12(26-15)6-7-13(10)22-11/h6-8,11H,4-5,9H2,1-3H3,(H2,16,17,18)(H2,19,20,21). The second-order valence-corrected chi connectivity index (χ2v) is 16.9. The Bertz CT molecular complexity index is 768. The van der Waals surface area contributed by atoms with E-state index in [0.29, 0.717) is 18.6 Å². The zero-order chi connectivity index (χ0) is 20.7. The molecule has 0 bridgehead atoms. The third kappa shape index (κ3) is 5.39. The highest BCUT2D eigenvalue weighted by atomic mass is 35.7. The number of rotatable bonds is 7. The van der Waals surface area contributed by atoms with Crippen LogP contribution in [0.1, 0.15) is 18.4 Å². The first-order valence-electron chi connectivity index (χ1n) is 8.08. The molecule has 4 N–H and O–H groups in total. The van der Waals surface area contributed by atoms with Crippen molar-refractivity contribution >= 4 is 45.2 Å². The number of aryl methyl sites for hydroxylation is 1. The fourth-order valence-electron chi connectivity index (χ4n) is 2.97. The van der Waals surface area contributed by atoms with Gasteiger partial charge in [-0.05, 0) is 77.9 Å². The van der Waals surface area contributed by atoms with Gasteiger partial charge in [-0.15, -0.1) is 0 Å². The lowest BCUT2D eigenvalue weighted by atomic mass is 10.0. The van der Waals surface area contributed by atoms with Crippen LogP contribution in [0.3, 0.4) is 0 Å². The Hall–Kier alpha value is 0.137. The molecule has 1 atom stereocenters. The summed E-state index contributed by atoms with van der Waals surface area (Å²) in [6, 6.07) is 5.26. The Morgan fingerprint density at radius 3 is 2.33 bits per heavy atom. The fourth-order valence-corrected chi connectivity index (χ4v) is 9.46. The quantitative estimate of drug-likeness (QED) is 0.341. The molecule has 0 aromatic heterocycles. The topological polar surface area (TPSA) is 134 Å². The molecular weight excluding hydrogens is 454 g/mol. The molecule has 13 heteroatoms. The normalized spacial score (nSPS) is 18.7. The summed E-state index contributed by atoms with van der Waals surface area (Å²) in [6.07, 6.45) is -0.572. The van der Waals surface area contributed by atoms with Crippen molar-refractivity contribution in [2.75, 3.05) is 0 Å². The van der Waals surface area contributed by atoms with Crippen LogP contribution in [0.4, 0.5) is 0 Å². The molecule has 2 rings (SSSR count). The first-order valence-corrected chi connectivity index (χ1v) is 16.4. The third-order valence-corrected chi connectivity index (χ3v) is 10.2. The van der Waals surface area contributed by atoms with E-state index in [1.54, 1.807) is 31.8 Å². The van der Waals surface area contributed by atoms with Crippen molar-refractivity contribution in [2.24, 2.45) is 0 Å². The van der Waals surface area contributed by atoms with Gasteiger partial charge in [-0.3, -0.25) is 9.13 Å². The average Bonchev–Trinajstić information content (AvgIpc) is 2.50. The minimum atomic E-state index is -5.34. The van der Waals surface area contributed by atoms with Gasteiger partial charge in [0.2, 0.25) is 0 Å². The first-order chi connectivity index (χ1) is 12.2. The molecule has 0 saturated carbocycles. The molecule has 1 aromatic carbocycles. The summed E-state index contributed by atoms with van der Waals surface area (Å²) in [5, 5.41) is -2.92. The van der Waals surface area contributed by atoms with Crippen LogP contribution in [0.25, 0.3) is 0 Å². The average molecular weight is 477 g/mol. The van der Waals surface area contributed by atoms with Crippen molar-refractivity contribution in [2.45, 2.75) is 55.0 Å². The molecule has 8 nitrogen and oxygen atoms in total. The lowest BCUT2D eigenvalue weighted by molar-refractivity contribution is 0.0755. The van der Waals surface area contributed by atoms with Crippen molar-refractivity contribution in [3.8, 4) is 5.75 Å². The second kappa shape index (κ2) is 8.11. The maximum absolute atomic E-state index is 12.2. The Kier molecular flexibility index (Phi) is 7.03. The van der Waals surface area contributed by atoms with Crippen LogP contribution < -0.4 is 4.74 Å². The summed E-state index contributed by atoms with van der Waals surface area (Å²) >= 11 is 0. The number of halogens is 1. The molecule has 0 fully saturated rings. The lowest BCUT2D eigenvalue weighted by Gasteiger charge is -2.41. The predicted molar refractivity (Wildman–Crippen MR) is 107 cm³/mol. The SMILES string of the molecule is C[Si](C)(C)OC(CC1CCc2cc(SCl)ccc2O1)(P(=O)(O)O)P(=O)(O)O. The van der Waals surface area contributed by atoms with E-state index in [2.05, 4.69) is 0 Å². The predicted octanol–water partition coefficient (Wildman–Crippen LogP) is 3.88. The van der Waals surface area contributed by atoms with Gasteiger partial charge in [0, 0.05) is 11.3 Å². The van der Waals surface area contributed by atoms with Crippen LogP contribution in [-0.4, -0.2) is 39.1 Å². The van der Waals surface area contributed by atoms with Gasteiger partial charge in [-0.1, -0.05) is 0 Å². The van der Waals surface area contributed by atoms with E-state index in [9.17, 15) is 28.7 Å². The van der Waals surface area contributed by atoms with Crippen LogP contribution in [0.5, 0.6) is 5.75 Å². The number of benzene rings is 1. The van der Waals surface area contributed by atoms with E-state index >= 15 is 0 Å². The summed E-state index contributed by atoms with van der Waals surface area (Å²) in [5.41, 5.74) is 0.876. The monoisotopic (exact) mass is 476 g/mol. The Morgan fingerprint density at radius 1 is 1.26 bits per heavy atom. The highest BCUT2D eigenvalue weighted by molar-refractivity contribution is 8.21. The van der Waals surface area contributed by atoms with Crippen molar-refractivity contribution in [3.63, 3.8) is 0 Å². The first kappa shape index (κ1) is 23.4. The van der Waals surface area contributed by atoms with Crippen LogP contribution in [-0.2, 0) is 20.0 Å². The maximum atomic E-state index is 12.2. The van der Waals surface area contributed by atoms with E-state index in [-0.39, 0.29) is 0 Å². The van der Waals surface area contributed by atoms with Gasteiger partial charge >= 0.3 is 15.2 Å². The Morgan fingerprint density at radius 2 is 1.85 bits per heavy atom. The molecule has 0 amide bonds. The second-order valence-electron chi connectivity index (χ2n) is 7.37. The summed E-state index contributed by atoms with van der Waals surface area (Å²) < 4.78 is 35.7.